The van der Waals surface area contributed by atoms with Gasteiger partial charge in [0, 0.05) is 25.6 Å². The second-order valence-electron chi connectivity index (χ2n) is 7.94. The molecule has 0 atom stereocenters. The van der Waals surface area contributed by atoms with E-state index in [4.69, 9.17) is 0 Å². The molecule has 2 aromatic carbocycles. The van der Waals surface area contributed by atoms with E-state index >= 15 is 0 Å². The molecule has 0 spiro atoms. The van der Waals surface area contributed by atoms with Crippen molar-refractivity contribution in [1.29, 1.82) is 0 Å². The van der Waals surface area contributed by atoms with Gasteiger partial charge in [-0.3, -0.25) is 14.2 Å². The lowest BCUT2D eigenvalue weighted by Gasteiger charge is -2.09. The Morgan fingerprint density at radius 2 is 1.81 bits per heavy atom. The molecule has 2 aromatic heterocycles. The highest BCUT2D eigenvalue weighted by atomic mass is 19.1. The van der Waals surface area contributed by atoms with Crippen LogP contribution in [0.25, 0.3) is 16.9 Å². The largest absolute Gasteiger partial charge is 0.326 e. The Balaban J connectivity index is 1.60. The lowest BCUT2D eigenvalue weighted by Crippen LogP contribution is -2.25. The number of carbonyl (C=O) groups excluding carboxylic acids is 1. The monoisotopic (exact) mass is 433 g/mol. The Morgan fingerprint density at radius 3 is 2.50 bits per heavy atom. The van der Waals surface area contributed by atoms with Crippen LogP contribution >= 0.6 is 0 Å². The molecular formula is C24H24FN5O2. The minimum absolute atomic E-state index is 0.0500. The Morgan fingerprint density at radius 1 is 1.09 bits per heavy atom. The first-order chi connectivity index (χ1) is 15.2. The van der Waals surface area contributed by atoms with Crippen LogP contribution in [0.15, 0.2) is 47.3 Å². The molecule has 0 saturated heterocycles. The standard InChI is InChI=1S/C24H24FN5O2/c1-14-5-9-18(10-6-14)30-23-22(16(3)28-30)27-20(24(32)29(23)4)11-12-21(31)26-17-8-7-15(2)19(25)13-17/h5-10,13H,11-12H2,1-4H3,(H,26,31). The van der Waals surface area contributed by atoms with Crippen LogP contribution in [0.2, 0.25) is 0 Å². The maximum Gasteiger partial charge on any atom is 0.273 e. The van der Waals surface area contributed by atoms with Crippen LogP contribution in [0.1, 0.15) is 28.9 Å². The topological polar surface area (TPSA) is 81.8 Å². The highest BCUT2D eigenvalue weighted by Crippen LogP contribution is 2.20. The van der Waals surface area contributed by atoms with Gasteiger partial charge in [0.2, 0.25) is 5.91 Å². The van der Waals surface area contributed by atoms with Gasteiger partial charge in [-0.1, -0.05) is 23.8 Å². The zero-order valence-corrected chi connectivity index (χ0v) is 18.4. The number of nitrogens with one attached hydrogen (secondary N) is 1. The molecule has 0 unspecified atom stereocenters. The molecular weight excluding hydrogens is 409 g/mol. The van der Waals surface area contributed by atoms with Gasteiger partial charge in [0.25, 0.3) is 5.56 Å². The van der Waals surface area contributed by atoms with E-state index in [-0.39, 0.29) is 35.8 Å². The predicted molar refractivity (Wildman–Crippen MR) is 122 cm³/mol. The number of rotatable bonds is 5. The van der Waals surface area contributed by atoms with Crippen LogP contribution in [0, 0.1) is 26.6 Å². The van der Waals surface area contributed by atoms with E-state index in [1.807, 2.05) is 38.1 Å². The Kier molecular flexibility index (Phi) is 5.61. The van der Waals surface area contributed by atoms with Crippen LogP contribution in [0.5, 0.6) is 0 Å². The summed E-state index contributed by atoms with van der Waals surface area (Å²) >= 11 is 0. The molecule has 164 valence electrons. The number of anilines is 1. The van der Waals surface area contributed by atoms with Gasteiger partial charge < -0.3 is 5.32 Å². The fourth-order valence-electron chi connectivity index (χ4n) is 3.57. The minimum atomic E-state index is -0.384. The second-order valence-corrected chi connectivity index (χ2v) is 7.94. The van der Waals surface area contributed by atoms with E-state index in [1.165, 1.54) is 10.6 Å². The molecule has 4 aromatic rings. The van der Waals surface area contributed by atoms with Crippen molar-refractivity contribution in [1.82, 2.24) is 19.3 Å². The van der Waals surface area contributed by atoms with Crippen molar-refractivity contribution in [2.24, 2.45) is 7.05 Å². The number of halogens is 1. The number of aromatic nitrogens is 4. The molecule has 0 bridgehead atoms. The summed E-state index contributed by atoms with van der Waals surface area (Å²) in [6, 6.07) is 12.4. The summed E-state index contributed by atoms with van der Waals surface area (Å²) in [6.07, 6.45) is 0.215. The molecule has 1 N–H and O–H groups in total. The summed E-state index contributed by atoms with van der Waals surface area (Å²) in [5.74, 6) is -0.700. The summed E-state index contributed by atoms with van der Waals surface area (Å²) in [6.45, 7) is 5.50. The number of fused-ring (bicyclic) bond motifs is 1. The van der Waals surface area contributed by atoms with Crippen molar-refractivity contribution >= 4 is 22.8 Å². The van der Waals surface area contributed by atoms with Crippen LogP contribution in [-0.4, -0.2) is 25.2 Å². The van der Waals surface area contributed by atoms with Gasteiger partial charge in [-0.05, 0) is 50.6 Å². The first-order valence-corrected chi connectivity index (χ1v) is 10.3. The van der Waals surface area contributed by atoms with Crippen molar-refractivity contribution in [3.05, 3.63) is 81.2 Å². The summed E-state index contributed by atoms with van der Waals surface area (Å²) in [5, 5.41) is 7.24. The van der Waals surface area contributed by atoms with Crippen LogP contribution in [0.4, 0.5) is 10.1 Å². The normalized spacial score (nSPS) is 11.2. The molecule has 32 heavy (non-hydrogen) atoms. The molecule has 8 heteroatoms. The maximum atomic E-state index is 13.7. The molecule has 0 aliphatic carbocycles. The zero-order chi connectivity index (χ0) is 23.0. The van der Waals surface area contributed by atoms with Gasteiger partial charge in [0.1, 0.15) is 17.0 Å². The van der Waals surface area contributed by atoms with Gasteiger partial charge in [-0.25, -0.2) is 14.1 Å². The molecule has 0 fully saturated rings. The van der Waals surface area contributed by atoms with Crippen molar-refractivity contribution in [3.8, 4) is 5.69 Å². The zero-order valence-electron chi connectivity index (χ0n) is 18.4. The molecule has 0 saturated carbocycles. The van der Waals surface area contributed by atoms with E-state index in [0.29, 0.717) is 28.1 Å². The van der Waals surface area contributed by atoms with Crippen molar-refractivity contribution < 1.29 is 9.18 Å². The fourth-order valence-corrected chi connectivity index (χ4v) is 3.57. The lowest BCUT2D eigenvalue weighted by molar-refractivity contribution is -0.116. The Hall–Kier alpha value is -3.81. The number of carbonyl (C=O) groups is 1. The number of aryl methyl sites for hydroxylation is 5. The van der Waals surface area contributed by atoms with Gasteiger partial charge in [-0.15, -0.1) is 0 Å². The average Bonchev–Trinajstić information content (AvgIpc) is 3.09. The number of hydrogen-bond acceptors (Lipinski definition) is 4. The third-order valence-corrected chi connectivity index (χ3v) is 5.44. The smallest absolute Gasteiger partial charge is 0.273 e. The van der Waals surface area contributed by atoms with Crippen molar-refractivity contribution in [3.63, 3.8) is 0 Å². The molecule has 0 radical (unpaired) electrons. The van der Waals surface area contributed by atoms with E-state index in [9.17, 15) is 14.0 Å². The summed E-state index contributed by atoms with van der Waals surface area (Å²) in [7, 11) is 1.68. The quantitative estimate of drug-likeness (QED) is 0.520. The SMILES string of the molecule is Cc1ccc(-n2nc(C)c3nc(CCC(=O)Nc4ccc(C)c(F)c4)c(=O)n(C)c32)cc1. The van der Waals surface area contributed by atoms with Crippen molar-refractivity contribution in [2.45, 2.75) is 33.6 Å². The van der Waals surface area contributed by atoms with E-state index in [2.05, 4.69) is 15.4 Å². The molecule has 0 aliphatic heterocycles. The average molecular weight is 433 g/mol. The Labute approximate surface area is 184 Å². The second kappa shape index (κ2) is 8.37. The van der Waals surface area contributed by atoms with E-state index < -0.39 is 0 Å². The minimum Gasteiger partial charge on any atom is -0.326 e. The van der Waals surface area contributed by atoms with Gasteiger partial charge in [-0.2, -0.15) is 5.10 Å². The van der Waals surface area contributed by atoms with Crippen molar-refractivity contribution in [2.75, 3.05) is 5.32 Å². The highest BCUT2D eigenvalue weighted by Gasteiger charge is 2.18. The van der Waals surface area contributed by atoms with Crippen LogP contribution in [0.3, 0.4) is 0 Å². The molecule has 0 aliphatic rings. The fraction of sp³-hybridized carbons (Fsp3) is 0.250. The van der Waals surface area contributed by atoms with Gasteiger partial charge in [0.05, 0.1) is 11.4 Å². The summed E-state index contributed by atoms with van der Waals surface area (Å²) in [4.78, 5) is 29.8. The summed E-state index contributed by atoms with van der Waals surface area (Å²) < 4.78 is 16.9. The molecule has 2 heterocycles. The third kappa shape index (κ3) is 4.03. The van der Waals surface area contributed by atoms with Crippen LogP contribution < -0.4 is 10.9 Å². The van der Waals surface area contributed by atoms with E-state index in [0.717, 1.165) is 11.3 Å². The molecule has 1 amide bonds. The highest BCUT2D eigenvalue weighted by molar-refractivity contribution is 5.90. The maximum absolute atomic E-state index is 13.7. The number of nitrogens with zero attached hydrogens (tertiary/aromatic N) is 4. The number of hydrogen-bond donors (Lipinski definition) is 1. The van der Waals surface area contributed by atoms with Gasteiger partial charge in [0.15, 0.2) is 5.65 Å². The van der Waals surface area contributed by atoms with E-state index in [1.54, 1.807) is 30.8 Å². The predicted octanol–water partition coefficient (Wildman–Crippen LogP) is 3.75. The summed E-state index contributed by atoms with van der Waals surface area (Å²) in [5.41, 5.74) is 4.76. The molecule has 7 nitrogen and oxygen atoms in total. The van der Waals surface area contributed by atoms with Gasteiger partial charge >= 0.3 is 0 Å². The first kappa shape index (κ1) is 21.4. The third-order valence-electron chi connectivity index (χ3n) is 5.44. The lowest BCUT2D eigenvalue weighted by atomic mass is 10.2. The Bertz CT molecular complexity index is 1390. The molecule has 4 rings (SSSR count). The number of benzene rings is 2. The first-order valence-electron chi connectivity index (χ1n) is 10.3. The number of amides is 1. The van der Waals surface area contributed by atoms with Crippen LogP contribution in [-0.2, 0) is 18.3 Å².